The number of hydrogen-bond donors (Lipinski definition) is 6. The maximum Gasteiger partial charge on any atom is 0.316 e. The van der Waals surface area contributed by atoms with E-state index in [9.17, 15) is 35.4 Å². The number of rotatable bonds is 6. The summed E-state index contributed by atoms with van der Waals surface area (Å²) in [6.45, 7) is 2.94. The van der Waals surface area contributed by atoms with E-state index in [-0.39, 0.29) is 5.76 Å². The molecule has 1 aliphatic carbocycles. The predicted molar refractivity (Wildman–Crippen MR) is 92.5 cm³/mol. The van der Waals surface area contributed by atoms with Crippen molar-refractivity contribution in [3.63, 3.8) is 0 Å². The van der Waals surface area contributed by atoms with Crippen molar-refractivity contribution in [2.75, 3.05) is 6.61 Å². The van der Waals surface area contributed by atoms with E-state index in [1.54, 1.807) is 6.92 Å². The number of allylic oxidation sites excluding steroid dienone is 1. The smallest absolute Gasteiger partial charge is 0.316 e. The molecule has 0 radical (unpaired) electrons. The largest absolute Gasteiger partial charge is 0.508 e. The molecule has 3 unspecified atom stereocenters. The van der Waals surface area contributed by atoms with E-state index >= 15 is 0 Å². The summed E-state index contributed by atoms with van der Waals surface area (Å²) in [5, 5.41) is 60.5. The van der Waals surface area contributed by atoms with E-state index in [4.69, 9.17) is 9.47 Å². The summed E-state index contributed by atoms with van der Waals surface area (Å²) < 4.78 is 10.7. The van der Waals surface area contributed by atoms with Gasteiger partial charge in [0.15, 0.2) is 0 Å². The van der Waals surface area contributed by atoms with Gasteiger partial charge in [-0.2, -0.15) is 0 Å². The zero-order valence-electron chi connectivity index (χ0n) is 15.3. The first-order valence-corrected chi connectivity index (χ1v) is 8.99. The standard InChI is InChI=1S/C18H28O9/c1-3-4-9(2)26-17(24)11-7-10(20)5-6-18(11,25)16-15(23)14(22)13(21)12(8-19)27-16/h5-7,9,11-16,19-23,25H,3-4,8H2,1-2H3/t9?,11?,12-,13-,14+,15-,16-,18?/m1/s1. The third-order valence-corrected chi connectivity index (χ3v) is 4.97. The van der Waals surface area contributed by atoms with Crippen LogP contribution in [0.4, 0.5) is 0 Å². The molecule has 1 heterocycles. The van der Waals surface area contributed by atoms with Crippen LogP contribution in [0.3, 0.4) is 0 Å². The maximum atomic E-state index is 12.6. The quantitative estimate of drug-likeness (QED) is 0.311. The van der Waals surface area contributed by atoms with Gasteiger partial charge in [0.1, 0.15) is 47.8 Å². The van der Waals surface area contributed by atoms with E-state index in [2.05, 4.69) is 0 Å². The fraction of sp³-hybridized carbons (Fsp3) is 0.722. The molecule has 0 aromatic heterocycles. The third-order valence-electron chi connectivity index (χ3n) is 4.97. The third kappa shape index (κ3) is 4.34. The minimum Gasteiger partial charge on any atom is -0.508 e. The van der Waals surface area contributed by atoms with Crippen LogP contribution < -0.4 is 0 Å². The molecule has 154 valence electrons. The Labute approximate surface area is 157 Å². The van der Waals surface area contributed by atoms with E-state index in [0.717, 1.165) is 24.6 Å². The molecule has 8 atom stereocenters. The van der Waals surface area contributed by atoms with Crippen molar-refractivity contribution < 1.29 is 44.9 Å². The predicted octanol–water partition coefficient (Wildman–Crippen LogP) is -1.08. The molecule has 27 heavy (non-hydrogen) atoms. The van der Waals surface area contributed by atoms with Gasteiger partial charge in [-0.1, -0.05) is 13.3 Å². The Bertz CT molecular complexity index is 587. The van der Waals surface area contributed by atoms with Crippen LogP contribution >= 0.6 is 0 Å². The highest BCUT2D eigenvalue weighted by molar-refractivity contribution is 5.77. The highest BCUT2D eigenvalue weighted by atomic mass is 16.6. The van der Waals surface area contributed by atoms with Crippen LogP contribution in [0.5, 0.6) is 0 Å². The number of esters is 1. The Kier molecular flexibility index (Phi) is 7.01. The van der Waals surface area contributed by atoms with E-state index in [1.165, 1.54) is 0 Å². The molecule has 0 aromatic rings. The van der Waals surface area contributed by atoms with Crippen LogP contribution in [0, 0.1) is 5.92 Å². The van der Waals surface area contributed by atoms with Gasteiger partial charge in [-0.05, 0) is 31.6 Å². The Hall–Kier alpha value is -1.49. The average Bonchev–Trinajstić information content (AvgIpc) is 2.62. The lowest BCUT2D eigenvalue weighted by atomic mass is 9.74. The topological polar surface area (TPSA) is 157 Å². The van der Waals surface area contributed by atoms with Gasteiger partial charge in [0.25, 0.3) is 0 Å². The number of carbonyl (C=O) groups is 1. The summed E-state index contributed by atoms with van der Waals surface area (Å²) in [5.74, 6) is -2.55. The maximum absolute atomic E-state index is 12.6. The first kappa shape index (κ1) is 21.8. The molecule has 0 saturated carbocycles. The molecular weight excluding hydrogens is 360 g/mol. The molecule has 0 bridgehead atoms. The van der Waals surface area contributed by atoms with Crippen LogP contribution in [0.25, 0.3) is 0 Å². The highest BCUT2D eigenvalue weighted by Crippen LogP contribution is 2.38. The van der Waals surface area contributed by atoms with Gasteiger partial charge in [0.05, 0.1) is 12.7 Å². The number of carbonyl (C=O) groups excluding carboxylic acids is 1. The van der Waals surface area contributed by atoms with E-state index < -0.39 is 60.7 Å². The molecule has 0 amide bonds. The minimum absolute atomic E-state index is 0.283. The molecule has 1 saturated heterocycles. The Morgan fingerprint density at radius 3 is 2.56 bits per heavy atom. The number of aliphatic hydroxyl groups is 6. The summed E-state index contributed by atoms with van der Waals surface area (Å²) in [6.07, 6.45) is -3.66. The Balaban J connectivity index is 2.33. The fourth-order valence-corrected chi connectivity index (χ4v) is 3.43. The second-order valence-corrected chi connectivity index (χ2v) is 7.08. The number of aliphatic hydroxyl groups excluding tert-OH is 5. The SMILES string of the molecule is CCCC(C)OC(=O)C1C=C(O)C=CC1(O)[C@@H]1O[C@H](CO)[C@@H](O)[C@H](O)[C@H]1O. The lowest BCUT2D eigenvalue weighted by Gasteiger charge is -2.48. The van der Waals surface area contributed by atoms with Crippen LogP contribution in [0.15, 0.2) is 24.0 Å². The van der Waals surface area contributed by atoms with Crippen LogP contribution in [-0.2, 0) is 14.3 Å². The van der Waals surface area contributed by atoms with Crippen LogP contribution in [0.1, 0.15) is 26.7 Å². The van der Waals surface area contributed by atoms with Gasteiger partial charge in [-0.25, -0.2) is 0 Å². The Morgan fingerprint density at radius 1 is 1.30 bits per heavy atom. The molecule has 2 aliphatic rings. The Morgan fingerprint density at radius 2 is 1.96 bits per heavy atom. The van der Waals surface area contributed by atoms with Gasteiger partial charge < -0.3 is 40.1 Å². The monoisotopic (exact) mass is 388 g/mol. The summed E-state index contributed by atoms with van der Waals surface area (Å²) >= 11 is 0. The fourth-order valence-electron chi connectivity index (χ4n) is 3.43. The molecule has 9 heteroatoms. The molecule has 6 N–H and O–H groups in total. The lowest BCUT2D eigenvalue weighted by Crippen LogP contribution is -2.67. The van der Waals surface area contributed by atoms with Crippen molar-refractivity contribution in [1.82, 2.24) is 0 Å². The second-order valence-electron chi connectivity index (χ2n) is 7.08. The summed E-state index contributed by atoms with van der Waals surface area (Å²) in [6, 6.07) is 0. The van der Waals surface area contributed by atoms with Crippen molar-refractivity contribution in [2.24, 2.45) is 5.92 Å². The molecule has 1 fully saturated rings. The van der Waals surface area contributed by atoms with Gasteiger partial charge in [0.2, 0.25) is 0 Å². The summed E-state index contributed by atoms with van der Waals surface area (Å²) in [7, 11) is 0. The molecular formula is C18H28O9. The van der Waals surface area contributed by atoms with Crippen molar-refractivity contribution in [2.45, 2.75) is 68.9 Å². The number of ether oxygens (including phenoxy) is 2. The molecule has 2 rings (SSSR count). The molecule has 1 aliphatic heterocycles. The van der Waals surface area contributed by atoms with Gasteiger partial charge in [0, 0.05) is 0 Å². The van der Waals surface area contributed by atoms with Gasteiger partial charge in [-0.3, -0.25) is 4.79 Å². The van der Waals surface area contributed by atoms with Gasteiger partial charge >= 0.3 is 5.97 Å². The van der Waals surface area contributed by atoms with Crippen molar-refractivity contribution in [1.29, 1.82) is 0 Å². The van der Waals surface area contributed by atoms with Crippen molar-refractivity contribution in [3.05, 3.63) is 24.0 Å². The molecule has 0 aromatic carbocycles. The molecule has 0 spiro atoms. The first-order valence-electron chi connectivity index (χ1n) is 8.99. The van der Waals surface area contributed by atoms with E-state index in [1.807, 2.05) is 6.92 Å². The normalized spacial score (nSPS) is 40.3. The van der Waals surface area contributed by atoms with Crippen molar-refractivity contribution in [3.8, 4) is 0 Å². The van der Waals surface area contributed by atoms with Crippen molar-refractivity contribution >= 4 is 5.97 Å². The summed E-state index contributed by atoms with van der Waals surface area (Å²) in [4.78, 5) is 12.6. The van der Waals surface area contributed by atoms with Crippen LogP contribution in [0.2, 0.25) is 0 Å². The first-order chi connectivity index (χ1) is 12.7. The van der Waals surface area contributed by atoms with E-state index in [0.29, 0.717) is 6.42 Å². The van der Waals surface area contributed by atoms with Gasteiger partial charge in [-0.15, -0.1) is 0 Å². The highest BCUT2D eigenvalue weighted by Gasteiger charge is 2.56. The average molecular weight is 388 g/mol. The summed E-state index contributed by atoms with van der Waals surface area (Å²) in [5.41, 5.74) is -2.18. The zero-order valence-corrected chi connectivity index (χ0v) is 15.3. The second kappa shape index (κ2) is 8.68. The number of hydrogen-bond acceptors (Lipinski definition) is 9. The molecule has 9 nitrogen and oxygen atoms in total. The van der Waals surface area contributed by atoms with Crippen LogP contribution in [-0.4, -0.2) is 85.4 Å². The lowest BCUT2D eigenvalue weighted by molar-refractivity contribution is -0.267. The zero-order chi connectivity index (χ0) is 20.4. The minimum atomic E-state index is -2.18.